The summed E-state index contributed by atoms with van der Waals surface area (Å²) < 4.78 is 30.5. The molecule has 78 valence electrons. The first-order chi connectivity index (χ1) is 6.59. The summed E-state index contributed by atoms with van der Waals surface area (Å²) in [6, 6.07) is 3.23. The minimum Gasteiger partial charge on any atom is -0.490 e. The average Bonchev–Trinajstić information content (AvgIpc) is 2.08. The molecular weight excluding hydrogens is 188 g/mol. The Morgan fingerprint density at radius 1 is 1.43 bits per heavy atom. The number of hydrogen-bond acceptors (Lipinski definition) is 2. The van der Waals surface area contributed by atoms with Crippen LogP contribution in [0.5, 0.6) is 5.75 Å². The molecule has 4 heteroatoms. The van der Waals surface area contributed by atoms with Gasteiger partial charge in [0.1, 0.15) is 5.82 Å². The van der Waals surface area contributed by atoms with E-state index < -0.39 is 11.6 Å². The van der Waals surface area contributed by atoms with Gasteiger partial charge in [-0.2, -0.15) is 0 Å². The molecule has 1 unspecified atom stereocenters. The number of hydrogen-bond donors (Lipinski definition) is 1. The molecule has 1 rings (SSSR count). The molecular formula is C10H13F2NO. The molecule has 0 heterocycles. The highest BCUT2D eigenvalue weighted by Gasteiger charge is 2.04. The zero-order chi connectivity index (χ0) is 10.6. The minimum absolute atomic E-state index is 0.0125. The molecule has 14 heavy (non-hydrogen) atoms. The summed E-state index contributed by atoms with van der Waals surface area (Å²) in [5.74, 6) is -1.23. The SMILES string of the molecule is CC(N)CCOc1ccc(F)cc1F. The van der Waals surface area contributed by atoms with Crippen LogP contribution in [-0.4, -0.2) is 12.6 Å². The van der Waals surface area contributed by atoms with Crippen molar-refractivity contribution in [2.24, 2.45) is 5.73 Å². The maximum absolute atomic E-state index is 13.0. The Hall–Kier alpha value is -1.16. The second kappa shape index (κ2) is 4.91. The molecule has 0 aliphatic rings. The van der Waals surface area contributed by atoms with Crippen LogP contribution in [0.1, 0.15) is 13.3 Å². The van der Waals surface area contributed by atoms with Crippen molar-refractivity contribution in [1.82, 2.24) is 0 Å². The highest BCUT2D eigenvalue weighted by molar-refractivity contribution is 5.24. The first-order valence-electron chi connectivity index (χ1n) is 4.43. The van der Waals surface area contributed by atoms with Crippen LogP contribution in [-0.2, 0) is 0 Å². The largest absolute Gasteiger partial charge is 0.490 e. The van der Waals surface area contributed by atoms with Crippen molar-refractivity contribution in [2.45, 2.75) is 19.4 Å². The predicted octanol–water partition coefficient (Wildman–Crippen LogP) is 2.08. The highest BCUT2D eigenvalue weighted by Crippen LogP contribution is 2.17. The quantitative estimate of drug-likeness (QED) is 0.809. The first-order valence-corrected chi connectivity index (χ1v) is 4.43. The van der Waals surface area contributed by atoms with Gasteiger partial charge in [0.25, 0.3) is 0 Å². The van der Waals surface area contributed by atoms with Crippen LogP contribution in [0.3, 0.4) is 0 Å². The van der Waals surface area contributed by atoms with Crippen molar-refractivity contribution < 1.29 is 13.5 Å². The number of rotatable bonds is 4. The van der Waals surface area contributed by atoms with Gasteiger partial charge >= 0.3 is 0 Å². The van der Waals surface area contributed by atoms with Crippen molar-refractivity contribution in [3.63, 3.8) is 0 Å². The van der Waals surface area contributed by atoms with E-state index in [0.29, 0.717) is 13.0 Å². The van der Waals surface area contributed by atoms with Gasteiger partial charge in [-0.15, -0.1) is 0 Å². The Kier molecular flexibility index (Phi) is 3.83. The Morgan fingerprint density at radius 2 is 2.14 bits per heavy atom. The molecule has 2 N–H and O–H groups in total. The molecule has 0 bridgehead atoms. The summed E-state index contributed by atoms with van der Waals surface area (Å²) in [6.07, 6.45) is 0.636. The Labute approximate surface area is 81.7 Å². The summed E-state index contributed by atoms with van der Waals surface area (Å²) in [7, 11) is 0. The zero-order valence-corrected chi connectivity index (χ0v) is 7.97. The molecule has 0 amide bonds. The van der Waals surface area contributed by atoms with Crippen LogP contribution in [0.4, 0.5) is 8.78 Å². The normalized spacial score (nSPS) is 12.6. The van der Waals surface area contributed by atoms with Gasteiger partial charge in [0, 0.05) is 12.1 Å². The van der Waals surface area contributed by atoms with Crippen LogP contribution in [0.15, 0.2) is 18.2 Å². The van der Waals surface area contributed by atoms with Gasteiger partial charge < -0.3 is 10.5 Å². The second-order valence-corrected chi connectivity index (χ2v) is 3.19. The molecule has 2 nitrogen and oxygen atoms in total. The first kappa shape index (κ1) is 10.9. The minimum atomic E-state index is -0.685. The lowest BCUT2D eigenvalue weighted by Gasteiger charge is -2.08. The molecule has 1 aromatic rings. The van der Waals surface area contributed by atoms with Gasteiger partial charge in [-0.05, 0) is 25.5 Å². The molecule has 0 aliphatic carbocycles. The van der Waals surface area contributed by atoms with E-state index in [-0.39, 0.29) is 11.8 Å². The molecule has 0 radical (unpaired) electrons. The smallest absolute Gasteiger partial charge is 0.167 e. The van der Waals surface area contributed by atoms with Gasteiger partial charge in [-0.3, -0.25) is 0 Å². The molecule has 0 saturated heterocycles. The standard InChI is InChI=1S/C10H13F2NO/c1-7(13)4-5-14-10-3-2-8(11)6-9(10)12/h2-3,6-7H,4-5,13H2,1H3. The third-order valence-electron chi connectivity index (χ3n) is 1.72. The summed E-state index contributed by atoms with van der Waals surface area (Å²) in [4.78, 5) is 0. The van der Waals surface area contributed by atoms with E-state index in [1.165, 1.54) is 6.07 Å². The van der Waals surface area contributed by atoms with Crippen LogP contribution in [0.2, 0.25) is 0 Å². The molecule has 0 spiro atoms. The van der Waals surface area contributed by atoms with Gasteiger partial charge in [0.15, 0.2) is 11.6 Å². The van der Waals surface area contributed by atoms with Crippen molar-refractivity contribution in [2.75, 3.05) is 6.61 Å². The molecule has 0 aliphatic heterocycles. The maximum Gasteiger partial charge on any atom is 0.167 e. The van der Waals surface area contributed by atoms with Gasteiger partial charge in [0.2, 0.25) is 0 Å². The van der Waals surface area contributed by atoms with E-state index in [9.17, 15) is 8.78 Å². The van der Waals surface area contributed by atoms with Crippen LogP contribution in [0, 0.1) is 11.6 Å². The summed E-state index contributed by atoms with van der Waals surface area (Å²) >= 11 is 0. The lowest BCUT2D eigenvalue weighted by Crippen LogP contribution is -2.18. The average molecular weight is 201 g/mol. The highest BCUT2D eigenvalue weighted by atomic mass is 19.1. The second-order valence-electron chi connectivity index (χ2n) is 3.19. The monoisotopic (exact) mass is 201 g/mol. The fourth-order valence-electron chi connectivity index (χ4n) is 0.947. The molecule has 1 aromatic carbocycles. The van der Waals surface area contributed by atoms with Crippen LogP contribution in [0.25, 0.3) is 0 Å². The number of benzene rings is 1. The van der Waals surface area contributed by atoms with E-state index in [0.717, 1.165) is 12.1 Å². The van der Waals surface area contributed by atoms with Crippen molar-refractivity contribution in [3.05, 3.63) is 29.8 Å². The Bertz CT molecular complexity index is 302. The lowest BCUT2D eigenvalue weighted by atomic mass is 10.3. The number of halogens is 2. The van der Waals surface area contributed by atoms with Crippen molar-refractivity contribution in [3.8, 4) is 5.75 Å². The molecule has 0 fully saturated rings. The third-order valence-corrected chi connectivity index (χ3v) is 1.72. The third kappa shape index (κ3) is 3.30. The summed E-state index contributed by atoms with van der Waals surface area (Å²) in [5.41, 5.74) is 5.48. The van der Waals surface area contributed by atoms with E-state index in [4.69, 9.17) is 10.5 Å². The van der Waals surface area contributed by atoms with Crippen molar-refractivity contribution >= 4 is 0 Å². The van der Waals surface area contributed by atoms with E-state index >= 15 is 0 Å². The van der Waals surface area contributed by atoms with Crippen LogP contribution < -0.4 is 10.5 Å². The van der Waals surface area contributed by atoms with Crippen LogP contribution >= 0.6 is 0 Å². The molecule has 0 aromatic heterocycles. The molecule has 1 atom stereocenters. The van der Waals surface area contributed by atoms with Gasteiger partial charge in [-0.1, -0.05) is 0 Å². The number of nitrogens with two attached hydrogens (primary N) is 1. The number of ether oxygens (including phenoxy) is 1. The maximum atomic E-state index is 13.0. The van der Waals surface area contributed by atoms with Gasteiger partial charge in [0.05, 0.1) is 6.61 Å². The summed E-state index contributed by atoms with van der Waals surface area (Å²) in [5, 5.41) is 0. The zero-order valence-electron chi connectivity index (χ0n) is 7.97. The molecule has 0 saturated carbocycles. The Morgan fingerprint density at radius 3 is 2.71 bits per heavy atom. The lowest BCUT2D eigenvalue weighted by molar-refractivity contribution is 0.286. The van der Waals surface area contributed by atoms with E-state index in [2.05, 4.69) is 0 Å². The van der Waals surface area contributed by atoms with Crippen molar-refractivity contribution in [1.29, 1.82) is 0 Å². The van der Waals surface area contributed by atoms with E-state index in [1.807, 2.05) is 6.92 Å². The topological polar surface area (TPSA) is 35.2 Å². The van der Waals surface area contributed by atoms with Gasteiger partial charge in [-0.25, -0.2) is 8.78 Å². The predicted molar refractivity (Wildman–Crippen MR) is 50.1 cm³/mol. The Balaban J connectivity index is 2.51. The summed E-state index contributed by atoms with van der Waals surface area (Å²) in [6.45, 7) is 2.17. The van der Waals surface area contributed by atoms with E-state index in [1.54, 1.807) is 0 Å². The fourth-order valence-corrected chi connectivity index (χ4v) is 0.947. The fraction of sp³-hybridized carbons (Fsp3) is 0.400.